The molecule has 1 aromatic heterocycles. The summed E-state index contributed by atoms with van der Waals surface area (Å²) in [6, 6.07) is 14.3. The molecule has 2 aromatic carbocycles. The molecule has 0 aliphatic heterocycles. The number of hydrogen-bond acceptors (Lipinski definition) is 4. The maximum Gasteiger partial charge on any atom is 0.284 e. The van der Waals surface area contributed by atoms with Gasteiger partial charge in [-0.2, -0.15) is 0 Å². The van der Waals surface area contributed by atoms with E-state index in [0.717, 1.165) is 5.39 Å². The van der Waals surface area contributed by atoms with Crippen LogP contribution in [0.15, 0.2) is 59.5 Å². The largest absolute Gasteiger partial charge is 0.284 e. The number of fused-ring (bicyclic) bond motifs is 1. The molecule has 25 heavy (non-hydrogen) atoms. The molecule has 0 unspecified atom stereocenters. The maximum absolute atomic E-state index is 12.2. The first-order valence-corrected chi connectivity index (χ1v) is 9.24. The van der Waals surface area contributed by atoms with Crippen LogP contribution in [0.2, 0.25) is 10.0 Å². The molecule has 3 rings (SSSR count). The normalized spacial score (nSPS) is 11.4. The Hall–Kier alpha value is -2.19. The highest BCUT2D eigenvalue weighted by Gasteiger charge is 2.17. The number of hydrazine groups is 1. The summed E-state index contributed by atoms with van der Waals surface area (Å²) in [6.45, 7) is 0. The van der Waals surface area contributed by atoms with Crippen LogP contribution in [0.5, 0.6) is 0 Å². The number of halogens is 2. The van der Waals surface area contributed by atoms with Crippen LogP contribution in [0.4, 0.5) is 0 Å². The molecule has 9 heteroatoms. The van der Waals surface area contributed by atoms with E-state index in [0.29, 0.717) is 5.52 Å². The van der Waals surface area contributed by atoms with Gasteiger partial charge in [0.2, 0.25) is 0 Å². The third-order valence-corrected chi connectivity index (χ3v) is 5.32. The van der Waals surface area contributed by atoms with Crippen molar-refractivity contribution in [3.8, 4) is 0 Å². The lowest BCUT2D eigenvalue weighted by atomic mass is 10.2. The zero-order chi connectivity index (χ0) is 18.0. The molecule has 1 heterocycles. The lowest BCUT2D eigenvalue weighted by Crippen LogP contribution is -2.41. The van der Waals surface area contributed by atoms with Gasteiger partial charge in [-0.3, -0.25) is 10.2 Å². The first-order chi connectivity index (χ1) is 11.9. The summed E-state index contributed by atoms with van der Waals surface area (Å²) < 4.78 is 24.4. The Morgan fingerprint density at radius 3 is 2.48 bits per heavy atom. The van der Waals surface area contributed by atoms with E-state index in [4.69, 9.17) is 23.2 Å². The number of pyridine rings is 1. The Balaban J connectivity index is 1.77. The van der Waals surface area contributed by atoms with Crippen LogP contribution in [-0.2, 0) is 10.0 Å². The van der Waals surface area contributed by atoms with Gasteiger partial charge in [0.15, 0.2) is 0 Å². The molecule has 0 atom stereocenters. The highest BCUT2D eigenvalue weighted by molar-refractivity contribution is 7.89. The van der Waals surface area contributed by atoms with Gasteiger partial charge in [-0.05, 0) is 30.3 Å². The molecule has 0 aliphatic carbocycles. The van der Waals surface area contributed by atoms with Crippen molar-refractivity contribution in [1.29, 1.82) is 0 Å². The van der Waals surface area contributed by atoms with Gasteiger partial charge >= 0.3 is 0 Å². The van der Waals surface area contributed by atoms with Crippen molar-refractivity contribution in [3.05, 3.63) is 70.3 Å². The van der Waals surface area contributed by atoms with Crippen LogP contribution in [0.3, 0.4) is 0 Å². The highest BCUT2D eigenvalue weighted by Crippen LogP contribution is 2.24. The van der Waals surface area contributed by atoms with Crippen LogP contribution in [0.25, 0.3) is 10.9 Å². The van der Waals surface area contributed by atoms with E-state index in [-0.39, 0.29) is 20.6 Å². The minimum Gasteiger partial charge on any atom is -0.272 e. The van der Waals surface area contributed by atoms with E-state index >= 15 is 0 Å². The second-order valence-electron chi connectivity index (χ2n) is 5.02. The third-order valence-electron chi connectivity index (χ3n) is 3.33. The number of rotatable bonds is 4. The summed E-state index contributed by atoms with van der Waals surface area (Å²) in [7, 11) is -4.00. The molecular weight excluding hydrogens is 385 g/mol. The summed E-state index contributed by atoms with van der Waals surface area (Å²) in [5.74, 6) is -0.686. The third kappa shape index (κ3) is 3.91. The zero-order valence-electron chi connectivity index (χ0n) is 12.5. The van der Waals surface area contributed by atoms with Crippen LogP contribution < -0.4 is 10.3 Å². The van der Waals surface area contributed by atoms with Crippen molar-refractivity contribution >= 4 is 50.0 Å². The number of amides is 1. The fraction of sp³-hybridized carbons (Fsp3) is 0. The summed E-state index contributed by atoms with van der Waals surface area (Å²) in [4.78, 5) is 18.2. The van der Waals surface area contributed by atoms with Gasteiger partial charge in [0.05, 0.1) is 20.5 Å². The quantitative estimate of drug-likeness (QED) is 0.664. The number of aromatic nitrogens is 1. The minimum atomic E-state index is -4.00. The smallest absolute Gasteiger partial charge is 0.272 e. The van der Waals surface area contributed by atoms with E-state index < -0.39 is 15.9 Å². The molecular formula is C16H11Cl2N3O3S. The van der Waals surface area contributed by atoms with E-state index in [1.807, 2.05) is 17.0 Å². The number of nitrogens with one attached hydrogen (secondary N) is 2. The van der Waals surface area contributed by atoms with Gasteiger partial charge in [-0.15, -0.1) is 4.83 Å². The zero-order valence-corrected chi connectivity index (χ0v) is 14.9. The van der Waals surface area contributed by atoms with Gasteiger partial charge in [-0.25, -0.2) is 13.4 Å². The van der Waals surface area contributed by atoms with E-state index in [9.17, 15) is 13.2 Å². The van der Waals surface area contributed by atoms with Crippen LogP contribution in [-0.4, -0.2) is 19.3 Å². The van der Waals surface area contributed by atoms with Crippen molar-refractivity contribution in [2.24, 2.45) is 0 Å². The number of para-hydroxylation sites is 1. The maximum atomic E-state index is 12.2. The molecule has 0 saturated heterocycles. The molecule has 0 saturated carbocycles. The molecule has 0 fully saturated rings. The lowest BCUT2D eigenvalue weighted by Gasteiger charge is -2.09. The van der Waals surface area contributed by atoms with Crippen LogP contribution >= 0.6 is 23.2 Å². The number of carbonyl (C=O) groups excluding carboxylic acids is 1. The summed E-state index contributed by atoms with van der Waals surface area (Å²) in [6.07, 6.45) is 0. The molecule has 128 valence electrons. The molecule has 1 amide bonds. The Morgan fingerprint density at radius 1 is 0.960 bits per heavy atom. The van der Waals surface area contributed by atoms with Gasteiger partial charge in [-0.1, -0.05) is 47.5 Å². The summed E-state index contributed by atoms with van der Waals surface area (Å²) >= 11 is 11.6. The Kier molecular flexibility index (Phi) is 4.91. The predicted octanol–water partition coefficient (Wildman–Crippen LogP) is 3.16. The number of nitrogens with zero attached hydrogens (tertiary/aromatic N) is 1. The topological polar surface area (TPSA) is 88.2 Å². The summed E-state index contributed by atoms with van der Waals surface area (Å²) in [5.41, 5.74) is 2.83. The Labute approximate surface area is 153 Å². The van der Waals surface area contributed by atoms with Crippen molar-refractivity contribution in [2.75, 3.05) is 0 Å². The van der Waals surface area contributed by atoms with E-state index in [2.05, 4.69) is 10.4 Å². The summed E-state index contributed by atoms with van der Waals surface area (Å²) in [5, 5.41) is 1.19. The van der Waals surface area contributed by atoms with Gasteiger partial charge in [0, 0.05) is 5.39 Å². The second kappa shape index (κ2) is 6.97. The SMILES string of the molecule is O=C(NNS(=O)(=O)c1ccc(Cl)c(Cl)c1)c1ccc2ccccc2n1. The van der Waals surface area contributed by atoms with Gasteiger partial charge in [0.1, 0.15) is 5.69 Å². The standard InChI is InChI=1S/C16H11Cl2N3O3S/c17-12-7-6-11(9-13(12)18)25(23,24)21-20-16(22)15-8-5-10-3-1-2-4-14(10)19-15/h1-9,21H,(H,20,22). The van der Waals surface area contributed by atoms with Crippen LogP contribution in [0.1, 0.15) is 10.5 Å². The Morgan fingerprint density at radius 2 is 1.72 bits per heavy atom. The monoisotopic (exact) mass is 395 g/mol. The average molecular weight is 396 g/mol. The molecule has 0 aliphatic rings. The van der Waals surface area contributed by atoms with Gasteiger partial charge < -0.3 is 0 Å². The lowest BCUT2D eigenvalue weighted by molar-refractivity contribution is 0.0940. The molecule has 3 aromatic rings. The van der Waals surface area contributed by atoms with E-state index in [1.165, 1.54) is 24.3 Å². The number of benzene rings is 2. The van der Waals surface area contributed by atoms with Gasteiger partial charge in [0.25, 0.3) is 15.9 Å². The molecule has 6 nitrogen and oxygen atoms in total. The van der Waals surface area contributed by atoms with Crippen molar-refractivity contribution < 1.29 is 13.2 Å². The predicted molar refractivity (Wildman–Crippen MR) is 96.0 cm³/mol. The highest BCUT2D eigenvalue weighted by atomic mass is 35.5. The number of hydrogen-bond donors (Lipinski definition) is 2. The molecule has 0 radical (unpaired) electrons. The van der Waals surface area contributed by atoms with Crippen molar-refractivity contribution in [2.45, 2.75) is 4.90 Å². The minimum absolute atomic E-state index is 0.0792. The molecule has 0 bridgehead atoms. The van der Waals surface area contributed by atoms with Crippen molar-refractivity contribution in [3.63, 3.8) is 0 Å². The fourth-order valence-electron chi connectivity index (χ4n) is 2.07. The molecule has 0 spiro atoms. The first-order valence-electron chi connectivity index (χ1n) is 7.00. The number of carbonyl (C=O) groups is 1. The first kappa shape index (κ1) is 17.6. The second-order valence-corrected chi connectivity index (χ2v) is 7.52. The van der Waals surface area contributed by atoms with E-state index in [1.54, 1.807) is 18.2 Å². The number of sulfonamides is 1. The Bertz CT molecular complexity index is 1070. The average Bonchev–Trinajstić information content (AvgIpc) is 2.61. The fourth-order valence-corrected chi connectivity index (χ4v) is 3.30. The van der Waals surface area contributed by atoms with Crippen LogP contribution in [0, 0.1) is 0 Å². The van der Waals surface area contributed by atoms with Crippen molar-refractivity contribution in [1.82, 2.24) is 15.2 Å². The molecule has 2 N–H and O–H groups in total.